The van der Waals surface area contributed by atoms with Crippen molar-refractivity contribution in [2.45, 2.75) is 25.7 Å². The lowest BCUT2D eigenvalue weighted by atomic mass is 10.1. The van der Waals surface area contributed by atoms with Crippen molar-refractivity contribution in [3.63, 3.8) is 0 Å². The fraction of sp³-hybridized carbons (Fsp3) is 0.286. The molecular weight excluding hydrogens is 251 g/mol. The molecule has 0 bridgehead atoms. The monoisotopic (exact) mass is 262 g/mol. The SMILES string of the molecule is Cc1c(Cl)nc(C2CC2)nc1-c1cccc(F)c1. The molecule has 1 aromatic carbocycles. The van der Waals surface area contributed by atoms with E-state index >= 15 is 0 Å². The first-order valence-electron chi connectivity index (χ1n) is 5.95. The predicted octanol–water partition coefficient (Wildman–Crippen LogP) is 4.12. The van der Waals surface area contributed by atoms with Gasteiger partial charge in [-0.3, -0.25) is 0 Å². The van der Waals surface area contributed by atoms with E-state index in [1.165, 1.54) is 12.1 Å². The molecule has 0 radical (unpaired) electrons. The van der Waals surface area contributed by atoms with E-state index in [1.54, 1.807) is 6.07 Å². The van der Waals surface area contributed by atoms with Gasteiger partial charge >= 0.3 is 0 Å². The van der Waals surface area contributed by atoms with Crippen molar-refractivity contribution in [2.24, 2.45) is 0 Å². The van der Waals surface area contributed by atoms with Crippen molar-refractivity contribution in [1.82, 2.24) is 9.97 Å². The van der Waals surface area contributed by atoms with Gasteiger partial charge in [0.1, 0.15) is 16.8 Å². The fourth-order valence-corrected chi connectivity index (χ4v) is 2.12. The molecule has 3 rings (SSSR count). The van der Waals surface area contributed by atoms with Crippen LogP contribution in [0.25, 0.3) is 11.3 Å². The van der Waals surface area contributed by atoms with Crippen LogP contribution in [0.1, 0.15) is 30.1 Å². The van der Waals surface area contributed by atoms with Gasteiger partial charge in [0.25, 0.3) is 0 Å². The second-order valence-corrected chi connectivity index (χ2v) is 4.99. The predicted molar refractivity (Wildman–Crippen MR) is 69.1 cm³/mol. The summed E-state index contributed by atoms with van der Waals surface area (Å²) in [6.45, 7) is 1.86. The van der Waals surface area contributed by atoms with Gasteiger partial charge in [-0.1, -0.05) is 23.7 Å². The molecule has 2 nitrogen and oxygen atoms in total. The van der Waals surface area contributed by atoms with Crippen molar-refractivity contribution in [3.8, 4) is 11.3 Å². The third kappa shape index (κ3) is 2.10. The minimum absolute atomic E-state index is 0.269. The molecule has 0 atom stereocenters. The number of aromatic nitrogens is 2. The van der Waals surface area contributed by atoms with E-state index in [-0.39, 0.29) is 5.82 Å². The minimum atomic E-state index is -0.269. The lowest BCUT2D eigenvalue weighted by Crippen LogP contribution is -1.99. The maximum atomic E-state index is 13.3. The fourth-order valence-electron chi connectivity index (χ4n) is 1.95. The first-order valence-corrected chi connectivity index (χ1v) is 6.33. The van der Waals surface area contributed by atoms with Crippen LogP contribution in [-0.2, 0) is 0 Å². The van der Waals surface area contributed by atoms with Crippen LogP contribution >= 0.6 is 11.6 Å². The third-order valence-electron chi connectivity index (χ3n) is 3.14. The van der Waals surface area contributed by atoms with Crippen LogP contribution in [0.5, 0.6) is 0 Å². The second-order valence-electron chi connectivity index (χ2n) is 4.63. The quantitative estimate of drug-likeness (QED) is 0.761. The van der Waals surface area contributed by atoms with Crippen LogP contribution in [0.15, 0.2) is 24.3 Å². The molecule has 0 unspecified atom stereocenters. The van der Waals surface area contributed by atoms with E-state index in [1.807, 2.05) is 13.0 Å². The molecule has 0 aliphatic heterocycles. The summed E-state index contributed by atoms with van der Waals surface area (Å²) >= 11 is 6.14. The average Bonchev–Trinajstić information content (AvgIpc) is 3.16. The summed E-state index contributed by atoms with van der Waals surface area (Å²) in [4.78, 5) is 8.85. The third-order valence-corrected chi connectivity index (χ3v) is 3.51. The van der Waals surface area contributed by atoms with Gasteiger partial charge in [-0.25, -0.2) is 14.4 Å². The van der Waals surface area contributed by atoms with E-state index in [0.29, 0.717) is 11.1 Å². The highest BCUT2D eigenvalue weighted by atomic mass is 35.5. The maximum absolute atomic E-state index is 13.3. The van der Waals surface area contributed by atoms with Crippen LogP contribution in [-0.4, -0.2) is 9.97 Å². The van der Waals surface area contributed by atoms with Gasteiger partial charge in [0.05, 0.1) is 5.69 Å². The summed E-state index contributed by atoms with van der Waals surface area (Å²) in [6, 6.07) is 6.41. The number of halogens is 2. The molecule has 0 saturated heterocycles. The maximum Gasteiger partial charge on any atom is 0.136 e. The highest BCUT2D eigenvalue weighted by molar-refractivity contribution is 6.30. The van der Waals surface area contributed by atoms with E-state index in [0.717, 1.165) is 35.5 Å². The Morgan fingerprint density at radius 1 is 1.28 bits per heavy atom. The second kappa shape index (κ2) is 4.32. The summed E-state index contributed by atoms with van der Waals surface area (Å²) in [6.07, 6.45) is 2.23. The summed E-state index contributed by atoms with van der Waals surface area (Å²) in [5, 5.41) is 0.464. The zero-order chi connectivity index (χ0) is 12.7. The number of hydrogen-bond acceptors (Lipinski definition) is 2. The Balaban J connectivity index is 2.15. The molecule has 4 heteroatoms. The van der Waals surface area contributed by atoms with Crippen molar-refractivity contribution in [1.29, 1.82) is 0 Å². The smallest absolute Gasteiger partial charge is 0.136 e. The lowest BCUT2D eigenvalue weighted by Gasteiger charge is -2.09. The van der Waals surface area contributed by atoms with Crippen LogP contribution in [0.2, 0.25) is 5.15 Å². The normalized spacial score (nSPS) is 14.8. The molecule has 1 aromatic heterocycles. The zero-order valence-corrected chi connectivity index (χ0v) is 10.7. The van der Waals surface area contributed by atoms with Crippen molar-refractivity contribution in [2.75, 3.05) is 0 Å². The van der Waals surface area contributed by atoms with Gasteiger partial charge < -0.3 is 0 Å². The van der Waals surface area contributed by atoms with E-state index in [2.05, 4.69) is 9.97 Å². The largest absolute Gasteiger partial charge is 0.232 e. The molecular formula is C14H12ClFN2. The van der Waals surface area contributed by atoms with Crippen molar-refractivity contribution >= 4 is 11.6 Å². The summed E-state index contributed by atoms with van der Waals surface area (Å²) in [5.74, 6) is 0.940. The molecule has 0 spiro atoms. The minimum Gasteiger partial charge on any atom is -0.232 e. The Hall–Kier alpha value is -1.48. The van der Waals surface area contributed by atoms with E-state index in [4.69, 9.17) is 11.6 Å². The van der Waals surface area contributed by atoms with Crippen LogP contribution in [0, 0.1) is 12.7 Å². The lowest BCUT2D eigenvalue weighted by molar-refractivity contribution is 0.628. The molecule has 18 heavy (non-hydrogen) atoms. The Morgan fingerprint density at radius 3 is 2.72 bits per heavy atom. The Labute approximate surface area is 110 Å². The average molecular weight is 263 g/mol. The molecule has 1 heterocycles. The molecule has 1 saturated carbocycles. The number of rotatable bonds is 2. The first kappa shape index (κ1) is 11.6. The van der Waals surface area contributed by atoms with E-state index in [9.17, 15) is 4.39 Å². The molecule has 1 aliphatic rings. The number of hydrogen-bond donors (Lipinski definition) is 0. The van der Waals surface area contributed by atoms with Gasteiger partial charge in [0.2, 0.25) is 0 Å². The van der Waals surface area contributed by atoms with Crippen molar-refractivity contribution in [3.05, 3.63) is 46.6 Å². The Kier molecular flexibility index (Phi) is 2.78. The molecule has 1 aliphatic carbocycles. The standard InChI is InChI=1S/C14H12ClFN2/c1-8-12(10-3-2-4-11(16)7-10)17-14(9-5-6-9)18-13(8)15/h2-4,7,9H,5-6H2,1H3. The summed E-state index contributed by atoms with van der Waals surface area (Å²) in [5.41, 5.74) is 2.28. The first-order chi connectivity index (χ1) is 8.65. The number of nitrogens with zero attached hydrogens (tertiary/aromatic N) is 2. The molecule has 92 valence electrons. The molecule has 0 amide bonds. The van der Waals surface area contributed by atoms with Crippen LogP contribution in [0.4, 0.5) is 4.39 Å². The zero-order valence-electron chi connectivity index (χ0n) is 9.95. The van der Waals surface area contributed by atoms with Crippen molar-refractivity contribution < 1.29 is 4.39 Å². The molecule has 0 N–H and O–H groups in total. The van der Waals surface area contributed by atoms with E-state index < -0.39 is 0 Å². The summed E-state index contributed by atoms with van der Waals surface area (Å²) in [7, 11) is 0. The highest BCUT2D eigenvalue weighted by Crippen LogP contribution is 2.40. The number of benzene rings is 1. The van der Waals surface area contributed by atoms with Gasteiger partial charge in [0.15, 0.2) is 0 Å². The Morgan fingerprint density at radius 2 is 2.06 bits per heavy atom. The molecule has 1 fully saturated rings. The molecule has 2 aromatic rings. The highest BCUT2D eigenvalue weighted by Gasteiger charge is 2.28. The Bertz CT molecular complexity index is 609. The van der Waals surface area contributed by atoms with Gasteiger partial charge in [-0.2, -0.15) is 0 Å². The van der Waals surface area contributed by atoms with Crippen LogP contribution in [0.3, 0.4) is 0 Å². The summed E-state index contributed by atoms with van der Waals surface area (Å²) < 4.78 is 13.3. The van der Waals surface area contributed by atoms with Gasteiger partial charge in [-0.05, 0) is 31.9 Å². The van der Waals surface area contributed by atoms with Gasteiger partial charge in [-0.15, -0.1) is 0 Å². The van der Waals surface area contributed by atoms with Gasteiger partial charge in [0, 0.05) is 17.0 Å². The topological polar surface area (TPSA) is 25.8 Å². The van der Waals surface area contributed by atoms with Crippen LogP contribution < -0.4 is 0 Å².